The van der Waals surface area contributed by atoms with Crippen LogP contribution in [0.1, 0.15) is 11.5 Å². The molecule has 0 aliphatic rings. The molecule has 0 spiro atoms. The van der Waals surface area contributed by atoms with E-state index in [1.807, 2.05) is 6.92 Å². The third-order valence-electron chi connectivity index (χ3n) is 3.01. The van der Waals surface area contributed by atoms with Gasteiger partial charge in [0.25, 0.3) is 0 Å². The Bertz CT molecular complexity index is 739. The number of methoxy groups -OCH3 is 1. The van der Waals surface area contributed by atoms with Gasteiger partial charge in [0, 0.05) is 7.05 Å². The summed E-state index contributed by atoms with van der Waals surface area (Å²) in [7, 11) is -0.541. The minimum Gasteiger partial charge on any atom is -0.496 e. The smallest absolute Gasteiger partial charge is 0.243 e. The first-order valence-electron chi connectivity index (χ1n) is 6.20. The SMILES string of the molecule is COc1ccc(S(=O)(=O)N(C)Cc2ccc(C)o2)cc1Br. The molecule has 0 aliphatic carbocycles. The Morgan fingerprint density at radius 3 is 2.52 bits per heavy atom. The van der Waals surface area contributed by atoms with Gasteiger partial charge in [-0.05, 0) is 53.2 Å². The van der Waals surface area contributed by atoms with Crippen LogP contribution in [0.3, 0.4) is 0 Å². The van der Waals surface area contributed by atoms with Crippen molar-refractivity contribution in [3.8, 4) is 5.75 Å². The lowest BCUT2D eigenvalue weighted by Crippen LogP contribution is -2.26. The highest BCUT2D eigenvalue weighted by molar-refractivity contribution is 9.10. The summed E-state index contributed by atoms with van der Waals surface area (Å²) in [4.78, 5) is 0.195. The van der Waals surface area contributed by atoms with Crippen LogP contribution in [0.25, 0.3) is 0 Å². The van der Waals surface area contributed by atoms with Crippen molar-refractivity contribution in [1.29, 1.82) is 0 Å². The number of hydrogen-bond donors (Lipinski definition) is 0. The van der Waals surface area contributed by atoms with Crippen molar-refractivity contribution in [3.63, 3.8) is 0 Å². The normalized spacial score (nSPS) is 11.9. The van der Waals surface area contributed by atoms with Crippen LogP contribution in [0.2, 0.25) is 0 Å². The monoisotopic (exact) mass is 373 g/mol. The number of hydrogen-bond acceptors (Lipinski definition) is 4. The van der Waals surface area contributed by atoms with Crippen molar-refractivity contribution in [2.24, 2.45) is 0 Å². The molecule has 21 heavy (non-hydrogen) atoms. The van der Waals surface area contributed by atoms with Crippen LogP contribution in [0.15, 0.2) is 44.1 Å². The summed E-state index contributed by atoms with van der Waals surface area (Å²) >= 11 is 3.29. The van der Waals surface area contributed by atoms with Crippen LogP contribution in [0.4, 0.5) is 0 Å². The molecule has 0 saturated carbocycles. The van der Waals surface area contributed by atoms with Crippen molar-refractivity contribution in [2.45, 2.75) is 18.4 Å². The second-order valence-corrected chi connectivity index (χ2v) is 7.47. The largest absolute Gasteiger partial charge is 0.496 e. The van der Waals surface area contributed by atoms with E-state index in [0.717, 1.165) is 5.76 Å². The number of aryl methyl sites for hydroxylation is 1. The standard InChI is InChI=1S/C14H16BrNO4S/c1-10-4-5-11(20-10)9-16(2)21(17,18)12-6-7-14(19-3)13(15)8-12/h4-8H,9H2,1-3H3. The maximum atomic E-state index is 12.5. The molecule has 0 fully saturated rings. The minimum absolute atomic E-state index is 0.180. The molecule has 2 aromatic rings. The van der Waals surface area contributed by atoms with Gasteiger partial charge in [0.15, 0.2) is 0 Å². The predicted molar refractivity (Wildman–Crippen MR) is 82.8 cm³/mol. The predicted octanol–water partition coefficient (Wildman–Crippen LogP) is 3.18. The molecule has 7 heteroatoms. The molecule has 1 aromatic heterocycles. The molecule has 1 aromatic carbocycles. The lowest BCUT2D eigenvalue weighted by atomic mass is 10.3. The van der Waals surface area contributed by atoms with Gasteiger partial charge in [-0.25, -0.2) is 8.42 Å². The highest BCUT2D eigenvalue weighted by Crippen LogP contribution is 2.28. The van der Waals surface area contributed by atoms with Crippen LogP contribution < -0.4 is 4.74 Å². The molecule has 0 bridgehead atoms. The van der Waals surface area contributed by atoms with E-state index >= 15 is 0 Å². The average molecular weight is 374 g/mol. The number of ether oxygens (including phenoxy) is 1. The first-order valence-corrected chi connectivity index (χ1v) is 8.43. The quantitative estimate of drug-likeness (QED) is 0.807. The molecule has 0 atom stereocenters. The number of sulfonamides is 1. The van der Waals surface area contributed by atoms with E-state index < -0.39 is 10.0 Å². The van der Waals surface area contributed by atoms with Gasteiger partial charge in [-0.2, -0.15) is 4.31 Å². The minimum atomic E-state index is -3.59. The van der Waals surface area contributed by atoms with E-state index in [-0.39, 0.29) is 11.4 Å². The second kappa shape index (κ2) is 6.21. The summed E-state index contributed by atoms with van der Waals surface area (Å²) in [6.07, 6.45) is 0. The molecule has 114 valence electrons. The molecular formula is C14H16BrNO4S. The average Bonchev–Trinajstić information content (AvgIpc) is 2.83. The van der Waals surface area contributed by atoms with E-state index in [2.05, 4.69) is 15.9 Å². The van der Waals surface area contributed by atoms with Crippen molar-refractivity contribution in [3.05, 3.63) is 46.3 Å². The molecule has 5 nitrogen and oxygen atoms in total. The van der Waals surface area contributed by atoms with Gasteiger partial charge in [0.05, 0.1) is 23.0 Å². The number of nitrogens with zero attached hydrogens (tertiary/aromatic N) is 1. The van der Waals surface area contributed by atoms with E-state index in [1.165, 1.54) is 30.6 Å². The van der Waals surface area contributed by atoms with Gasteiger partial charge in [-0.15, -0.1) is 0 Å². The molecule has 0 saturated heterocycles. The third kappa shape index (κ3) is 3.48. The number of furan rings is 1. The zero-order valence-electron chi connectivity index (χ0n) is 12.0. The molecule has 0 N–H and O–H groups in total. The highest BCUT2D eigenvalue weighted by Gasteiger charge is 2.22. The molecule has 0 unspecified atom stereocenters. The van der Waals surface area contributed by atoms with Crippen molar-refractivity contribution in [2.75, 3.05) is 14.2 Å². The molecule has 0 aliphatic heterocycles. The van der Waals surface area contributed by atoms with Gasteiger partial charge in [0.1, 0.15) is 17.3 Å². The van der Waals surface area contributed by atoms with Crippen molar-refractivity contribution in [1.82, 2.24) is 4.31 Å². The van der Waals surface area contributed by atoms with Crippen molar-refractivity contribution < 1.29 is 17.6 Å². The van der Waals surface area contributed by atoms with E-state index in [9.17, 15) is 8.42 Å². The van der Waals surface area contributed by atoms with Crippen LogP contribution in [0.5, 0.6) is 5.75 Å². The Morgan fingerprint density at radius 2 is 2.00 bits per heavy atom. The summed E-state index contributed by atoms with van der Waals surface area (Å²) in [5.74, 6) is 1.94. The highest BCUT2D eigenvalue weighted by atomic mass is 79.9. The van der Waals surface area contributed by atoms with E-state index in [0.29, 0.717) is 16.0 Å². The molecule has 1 heterocycles. The van der Waals surface area contributed by atoms with Gasteiger partial charge in [0.2, 0.25) is 10.0 Å². The lowest BCUT2D eigenvalue weighted by Gasteiger charge is -2.16. The van der Waals surface area contributed by atoms with Gasteiger partial charge in [-0.3, -0.25) is 0 Å². The van der Waals surface area contributed by atoms with Crippen molar-refractivity contribution >= 4 is 26.0 Å². The Morgan fingerprint density at radius 1 is 1.29 bits per heavy atom. The first-order chi connectivity index (χ1) is 9.84. The van der Waals surface area contributed by atoms with Crippen LogP contribution in [-0.2, 0) is 16.6 Å². The topological polar surface area (TPSA) is 59.8 Å². The van der Waals surface area contributed by atoms with Gasteiger partial charge in [-0.1, -0.05) is 0 Å². The zero-order chi connectivity index (χ0) is 15.6. The number of halogens is 1. The Hall–Kier alpha value is -1.31. The third-order valence-corrected chi connectivity index (χ3v) is 5.43. The Kier molecular flexibility index (Phi) is 4.75. The Balaban J connectivity index is 2.26. The van der Waals surface area contributed by atoms with E-state index in [4.69, 9.17) is 9.15 Å². The molecule has 0 radical (unpaired) electrons. The maximum absolute atomic E-state index is 12.5. The number of benzene rings is 1. The molecule has 2 rings (SSSR count). The molecule has 0 amide bonds. The summed E-state index contributed by atoms with van der Waals surface area (Å²) in [5.41, 5.74) is 0. The van der Waals surface area contributed by atoms with Crippen LogP contribution in [-0.4, -0.2) is 26.9 Å². The summed E-state index contributed by atoms with van der Waals surface area (Å²) in [5, 5.41) is 0. The summed E-state index contributed by atoms with van der Waals surface area (Å²) in [6.45, 7) is 2.00. The molecular weight excluding hydrogens is 358 g/mol. The fraction of sp³-hybridized carbons (Fsp3) is 0.286. The lowest BCUT2D eigenvalue weighted by molar-refractivity contribution is 0.397. The van der Waals surface area contributed by atoms with E-state index in [1.54, 1.807) is 18.2 Å². The fourth-order valence-corrected chi connectivity index (χ4v) is 3.72. The fourth-order valence-electron chi connectivity index (χ4n) is 1.86. The van der Waals surface area contributed by atoms with Crippen LogP contribution >= 0.6 is 15.9 Å². The first kappa shape index (κ1) is 16.1. The Labute approximate surface area is 132 Å². The number of rotatable bonds is 5. The summed E-state index contributed by atoms with van der Waals surface area (Å²) in [6, 6.07) is 8.23. The maximum Gasteiger partial charge on any atom is 0.243 e. The second-order valence-electron chi connectivity index (χ2n) is 4.57. The zero-order valence-corrected chi connectivity index (χ0v) is 14.4. The summed E-state index contributed by atoms with van der Waals surface area (Å²) < 4.78 is 37.4. The van der Waals surface area contributed by atoms with Gasteiger partial charge >= 0.3 is 0 Å². The van der Waals surface area contributed by atoms with Crippen LogP contribution in [0, 0.1) is 6.92 Å². The van der Waals surface area contributed by atoms with Gasteiger partial charge < -0.3 is 9.15 Å².